The number of hydrogen-bond donors (Lipinski definition) is 1. The SMILES string of the molecule is COc1ccccc1NC(=O)[C@H](C)OC(=O)c1cc([N+](=O)[O-])ccc1Cl. The molecule has 0 aliphatic heterocycles. The minimum atomic E-state index is -1.16. The second kappa shape index (κ2) is 8.30. The van der Waals surface area contributed by atoms with Crippen molar-refractivity contribution in [1.82, 2.24) is 0 Å². The summed E-state index contributed by atoms with van der Waals surface area (Å²) in [5, 5.41) is 13.4. The van der Waals surface area contributed by atoms with Crippen LogP contribution in [0.2, 0.25) is 5.02 Å². The van der Waals surface area contributed by atoms with Crippen molar-refractivity contribution in [1.29, 1.82) is 0 Å². The largest absolute Gasteiger partial charge is 0.495 e. The highest BCUT2D eigenvalue weighted by molar-refractivity contribution is 6.33. The number of ether oxygens (including phenoxy) is 2. The van der Waals surface area contributed by atoms with Crippen LogP contribution in [0.5, 0.6) is 5.75 Å². The topological polar surface area (TPSA) is 108 Å². The van der Waals surface area contributed by atoms with E-state index in [0.29, 0.717) is 11.4 Å². The van der Waals surface area contributed by atoms with Crippen molar-refractivity contribution >= 4 is 34.9 Å². The van der Waals surface area contributed by atoms with Gasteiger partial charge in [-0.05, 0) is 25.1 Å². The Bertz CT molecular complexity index is 855. The zero-order valence-corrected chi connectivity index (χ0v) is 14.6. The lowest BCUT2D eigenvalue weighted by molar-refractivity contribution is -0.384. The fraction of sp³-hybridized carbons (Fsp3) is 0.176. The van der Waals surface area contributed by atoms with Crippen molar-refractivity contribution < 1.29 is 24.0 Å². The molecule has 8 nitrogen and oxygen atoms in total. The summed E-state index contributed by atoms with van der Waals surface area (Å²) in [6.45, 7) is 1.37. The third-order valence-electron chi connectivity index (χ3n) is 3.40. The highest BCUT2D eigenvalue weighted by Crippen LogP contribution is 2.25. The number of carbonyl (C=O) groups excluding carboxylic acids is 2. The molecule has 9 heteroatoms. The first-order valence-corrected chi connectivity index (χ1v) is 7.80. The first kappa shape index (κ1) is 19.2. The fourth-order valence-electron chi connectivity index (χ4n) is 2.04. The molecule has 0 spiro atoms. The Morgan fingerprint density at radius 1 is 1.23 bits per heavy atom. The van der Waals surface area contributed by atoms with Crippen molar-refractivity contribution in [2.24, 2.45) is 0 Å². The second-order valence-corrected chi connectivity index (χ2v) is 5.57. The van der Waals surface area contributed by atoms with Crippen LogP contribution >= 0.6 is 11.6 Å². The van der Waals surface area contributed by atoms with E-state index in [1.54, 1.807) is 24.3 Å². The zero-order chi connectivity index (χ0) is 19.3. The molecule has 0 aliphatic rings. The van der Waals surface area contributed by atoms with Gasteiger partial charge in [0.2, 0.25) is 0 Å². The molecule has 0 aliphatic carbocycles. The summed E-state index contributed by atoms with van der Waals surface area (Å²) in [6.07, 6.45) is -1.16. The Labute approximate surface area is 153 Å². The number of methoxy groups -OCH3 is 1. The predicted molar refractivity (Wildman–Crippen MR) is 94.6 cm³/mol. The number of carbonyl (C=O) groups is 2. The summed E-state index contributed by atoms with van der Waals surface area (Å²) >= 11 is 5.89. The highest BCUT2D eigenvalue weighted by atomic mass is 35.5. The van der Waals surface area contributed by atoms with Crippen molar-refractivity contribution in [3.05, 3.63) is 63.2 Å². The zero-order valence-electron chi connectivity index (χ0n) is 13.9. The van der Waals surface area contributed by atoms with E-state index in [0.717, 1.165) is 12.1 Å². The molecule has 1 N–H and O–H groups in total. The van der Waals surface area contributed by atoms with E-state index in [4.69, 9.17) is 21.1 Å². The lowest BCUT2D eigenvalue weighted by atomic mass is 10.2. The smallest absolute Gasteiger partial charge is 0.340 e. The number of non-ortho nitro benzene ring substituents is 1. The predicted octanol–water partition coefficient (Wildman–Crippen LogP) is 3.44. The van der Waals surface area contributed by atoms with Gasteiger partial charge < -0.3 is 14.8 Å². The summed E-state index contributed by atoms with van der Waals surface area (Å²) < 4.78 is 10.2. The molecule has 0 aromatic heterocycles. The van der Waals surface area contributed by atoms with Crippen molar-refractivity contribution in [2.75, 3.05) is 12.4 Å². The minimum absolute atomic E-state index is 0.0158. The van der Waals surface area contributed by atoms with E-state index >= 15 is 0 Å². The standard InChI is InChI=1S/C17H15ClN2O6/c1-10(16(21)19-14-5-3-4-6-15(14)25-2)26-17(22)12-9-11(20(23)24)7-8-13(12)18/h3-10H,1-2H3,(H,19,21)/t10-/m0/s1. The highest BCUT2D eigenvalue weighted by Gasteiger charge is 2.23. The minimum Gasteiger partial charge on any atom is -0.495 e. The average molecular weight is 379 g/mol. The number of esters is 1. The maximum absolute atomic E-state index is 12.2. The monoisotopic (exact) mass is 378 g/mol. The van der Waals surface area contributed by atoms with Crippen LogP contribution < -0.4 is 10.1 Å². The number of nitro benzene ring substituents is 1. The summed E-state index contributed by atoms with van der Waals surface area (Å²) in [4.78, 5) is 34.6. The third kappa shape index (κ3) is 4.48. The fourth-order valence-corrected chi connectivity index (χ4v) is 2.24. The molecule has 136 valence electrons. The van der Waals surface area contributed by atoms with Gasteiger partial charge in [-0.15, -0.1) is 0 Å². The Kier molecular flexibility index (Phi) is 6.13. The number of halogens is 1. The number of para-hydroxylation sites is 2. The third-order valence-corrected chi connectivity index (χ3v) is 3.73. The van der Waals surface area contributed by atoms with E-state index in [9.17, 15) is 19.7 Å². The van der Waals surface area contributed by atoms with Crippen molar-refractivity contribution in [3.63, 3.8) is 0 Å². The number of hydrogen-bond acceptors (Lipinski definition) is 6. The number of nitrogens with one attached hydrogen (secondary N) is 1. The molecule has 26 heavy (non-hydrogen) atoms. The van der Waals surface area contributed by atoms with Crippen LogP contribution in [0.1, 0.15) is 17.3 Å². The Morgan fingerprint density at radius 3 is 2.58 bits per heavy atom. The summed E-state index contributed by atoms with van der Waals surface area (Å²) in [6, 6.07) is 10.1. The molecular weight excluding hydrogens is 364 g/mol. The molecular formula is C17H15ClN2O6. The molecule has 0 saturated heterocycles. The van der Waals surface area contributed by atoms with Crippen molar-refractivity contribution in [2.45, 2.75) is 13.0 Å². The molecule has 2 aromatic rings. The Hall–Kier alpha value is -3.13. The maximum atomic E-state index is 12.2. The van der Waals surface area contributed by atoms with Crippen LogP contribution in [0.25, 0.3) is 0 Å². The van der Waals surface area contributed by atoms with Gasteiger partial charge in [0.1, 0.15) is 5.75 Å². The van der Waals surface area contributed by atoms with Crippen LogP contribution in [0.3, 0.4) is 0 Å². The number of nitrogens with zero attached hydrogens (tertiary/aromatic N) is 1. The summed E-state index contributed by atoms with van der Waals surface area (Å²) in [5.74, 6) is -1.09. The first-order chi connectivity index (χ1) is 12.3. The number of nitro groups is 1. The normalized spacial score (nSPS) is 11.3. The number of anilines is 1. The lowest BCUT2D eigenvalue weighted by Crippen LogP contribution is -2.30. The van der Waals surface area contributed by atoms with E-state index in [1.165, 1.54) is 20.1 Å². The van der Waals surface area contributed by atoms with Crippen LogP contribution in [-0.4, -0.2) is 30.0 Å². The summed E-state index contributed by atoms with van der Waals surface area (Å²) in [7, 11) is 1.46. The van der Waals surface area contributed by atoms with Gasteiger partial charge in [-0.3, -0.25) is 14.9 Å². The van der Waals surface area contributed by atoms with Crippen LogP contribution in [0.15, 0.2) is 42.5 Å². The van der Waals surface area contributed by atoms with Crippen LogP contribution in [-0.2, 0) is 9.53 Å². The quantitative estimate of drug-likeness (QED) is 0.468. The van der Waals surface area contributed by atoms with Gasteiger partial charge >= 0.3 is 5.97 Å². The Balaban J connectivity index is 2.10. The van der Waals surface area contributed by atoms with E-state index < -0.39 is 22.9 Å². The number of amides is 1. The Morgan fingerprint density at radius 2 is 1.92 bits per heavy atom. The van der Waals surface area contributed by atoms with Gasteiger partial charge in [0.15, 0.2) is 6.10 Å². The van der Waals surface area contributed by atoms with E-state index in [2.05, 4.69) is 5.32 Å². The molecule has 0 fully saturated rings. The number of rotatable bonds is 6. The lowest BCUT2D eigenvalue weighted by Gasteiger charge is -2.15. The molecule has 0 radical (unpaired) electrons. The maximum Gasteiger partial charge on any atom is 0.340 e. The molecule has 2 aromatic carbocycles. The molecule has 2 rings (SSSR count). The van der Waals surface area contributed by atoms with E-state index in [-0.39, 0.29) is 16.3 Å². The van der Waals surface area contributed by atoms with Gasteiger partial charge in [-0.25, -0.2) is 4.79 Å². The summed E-state index contributed by atoms with van der Waals surface area (Å²) in [5.41, 5.74) is -0.0958. The van der Waals surface area contributed by atoms with Gasteiger partial charge in [-0.1, -0.05) is 23.7 Å². The van der Waals surface area contributed by atoms with Gasteiger partial charge in [0.05, 0.1) is 28.3 Å². The van der Waals surface area contributed by atoms with Crippen LogP contribution in [0, 0.1) is 10.1 Å². The van der Waals surface area contributed by atoms with Gasteiger partial charge in [0, 0.05) is 12.1 Å². The molecule has 0 saturated carbocycles. The first-order valence-electron chi connectivity index (χ1n) is 7.42. The molecule has 1 amide bonds. The van der Waals surface area contributed by atoms with Crippen molar-refractivity contribution in [3.8, 4) is 5.75 Å². The molecule has 0 unspecified atom stereocenters. The van der Waals surface area contributed by atoms with Gasteiger partial charge in [0.25, 0.3) is 11.6 Å². The molecule has 1 atom stereocenters. The molecule has 0 heterocycles. The van der Waals surface area contributed by atoms with E-state index in [1.807, 2.05) is 0 Å². The van der Waals surface area contributed by atoms with Gasteiger partial charge in [-0.2, -0.15) is 0 Å². The second-order valence-electron chi connectivity index (χ2n) is 5.16. The average Bonchev–Trinajstić information content (AvgIpc) is 2.62. The molecule has 0 bridgehead atoms. The number of benzene rings is 2. The van der Waals surface area contributed by atoms with Crippen LogP contribution in [0.4, 0.5) is 11.4 Å².